The van der Waals surface area contributed by atoms with Crippen LogP contribution in [-0.2, 0) is 6.18 Å². The van der Waals surface area contributed by atoms with Crippen LogP contribution in [0.5, 0.6) is 0 Å². The summed E-state index contributed by atoms with van der Waals surface area (Å²) >= 11 is 0. The standard InChI is InChI=1S/C14H12F3N3/c1-18-13(10-5-7-19-8-6-10)20-12-4-2-3-11(9-12)14(15,16)17/h2-9H,1H3,(H,18,20)/p+1. The predicted molar refractivity (Wildman–Crippen MR) is 70.5 cm³/mol. The van der Waals surface area contributed by atoms with Gasteiger partial charge in [-0.3, -0.25) is 4.99 Å². The lowest BCUT2D eigenvalue weighted by Crippen LogP contribution is -2.15. The van der Waals surface area contributed by atoms with Crippen LogP contribution in [0.1, 0.15) is 11.1 Å². The molecule has 0 spiro atoms. The van der Waals surface area contributed by atoms with Crippen LogP contribution >= 0.6 is 0 Å². The van der Waals surface area contributed by atoms with Gasteiger partial charge in [0.1, 0.15) is 5.84 Å². The van der Waals surface area contributed by atoms with Gasteiger partial charge in [0.15, 0.2) is 12.4 Å². The van der Waals surface area contributed by atoms with Crippen molar-refractivity contribution in [2.45, 2.75) is 6.18 Å². The number of hydrogen-bond donors (Lipinski definition) is 1. The number of amidine groups is 1. The molecule has 0 aliphatic heterocycles. The number of hydrogen-bond acceptors (Lipinski definition) is 1. The normalized spacial score (nSPS) is 12.3. The highest BCUT2D eigenvalue weighted by Gasteiger charge is 2.30. The SMILES string of the molecule is CN=C(Nc1cccc(C(F)(F)F)c1)c1cc[nH+]cc1. The van der Waals surface area contributed by atoms with Gasteiger partial charge >= 0.3 is 6.18 Å². The number of rotatable bonds is 2. The molecular formula is C14H13F3N3+. The molecule has 0 aliphatic carbocycles. The third kappa shape index (κ3) is 3.34. The topological polar surface area (TPSA) is 38.5 Å². The first-order valence-electron chi connectivity index (χ1n) is 5.88. The molecule has 0 radical (unpaired) electrons. The molecule has 1 heterocycles. The largest absolute Gasteiger partial charge is 0.416 e. The fraction of sp³-hybridized carbons (Fsp3) is 0.143. The number of pyridine rings is 1. The zero-order chi connectivity index (χ0) is 14.6. The summed E-state index contributed by atoms with van der Waals surface area (Å²) in [6, 6.07) is 8.57. The molecule has 3 nitrogen and oxygen atoms in total. The summed E-state index contributed by atoms with van der Waals surface area (Å²) in [6.45, 7) is 0. The quantitative estimate of drug-likeness (QED) is 0.666. The van der Waals surface area contributed by atoms with E-state index in [9.17, 15) is 13.2 Å². The van der Waals surface area contributed by atoms with E-state index in [1.807, 2.05) is 0 Å². The van der Waals surface area contributed by atoms with Crippen molar-refractivity contribution in [2.75, 3.05) is 12.4 Å². The maximum Gasteiger partial charge on any atom is 0.416 e. The highest BCUT2D eigenvalue weighted by molar-refractivity contribution is 6.08. The summed E-state index contributed by atoms with van der Waals surface area (Å²) in [5, 5.41) is 2.89. The first-order valence-corrected chi connectivity index (χ1v) is 5.88. The number of nitrogens with one attached hydrogen (secondary N) is 2. The van der Waals surface area contributed by atoms with Crippen LogP contribution < -0.4 is 10.3 Å². The summed E-state index contributed by atoms with van der Waals surface area (Å²) in [4.78, 5) is 6.93. The number of benzene rings is 1. The number of H-pyrrole nitrogens is 1. The second-order valence-electron chi connectivity index (χ2n) is 4.06. The number of nitrogens with zero attached hydrogens (tertiary/aromatic N) is 1. The molecule has 0 saturated carbocycles. The Morgan fingerprint density at radius 2 is 1.85 bits per heavy atom. The average molecular weight is 280 g/mol. The number of anilines is 1. The van der Waals surface area contributed by atoms with E-state index in [0.717, 1.165) is 17.7 Å². The van der Waals surface area contributed by atoms with Crippen LogP contribution in [0.25, 0.3) is 0 Å². The molecule has 0 unspecified atom stereocenters. The van der Waals surface area contributed by atoms with Crippen molar-refractivity contribution < 1.29 is 18.2 Å². The molecule has 104 valence electrons. The lowest BCUT2D eigenvalue weighted by Gasteiger charge is -2.11. The van der Waals surface area contributed by atoms with Crippen LogP contribution in [-0.4, -0.2) is 12.9 Å². The molecular weight excluding hydrogens is 267 g/mol. The molecule has 2 N–H and O–H groups in total. The first-order chi connectivity index (χ1) is 9.50. The van der Waals surface area contributed by atoms with Crippen molar-refractivity contribution in [1.29, 1.82) is 0 Å². The van der Waals surface area contributed by atoms with Crippen LogP contribution in [0.2, 0.25) is 0 Å². The van der Waals surface area contributed by atoms with Gasteiger partial charge in [0.2, 0.25) is 0 Å². The minimum absolute atomic E-state index is 0.341. The highest BCUT2D eigenvalue weighted by atomic mass is 19.4. The number of aromatic amines is 1. The fourth-order valence-corrected chi connectivity index (χ4v) is 1.71. The van der Waals surface area contributed by atoms with Crippen LogP contribution in [0.15, 0.2) is 53.8 Å². The molecule has 6 heteroatoms. The van der Waals surface area contributed by atoms with Gasteiger partial charge in [-0.25, -0.2) is 4.98 Å². The summed E-state index contributed by atoms with van der Waals surface area (Å²) < 4.78 is 37.9. The van der Waals surface area contributed by atoms with E-state index < -0.39 is 11.7 Å². The van der Waals surface area contributed by atoms with Crippen molar-refractivity contribution in [2.24, 2.45) is 4.99 Å². The minimum Gasteiger partial charge on any atom is -0.340 e. The monoisotopic (exact) mass is 280 g/mol. The molecule has 0 fully saturated rings. The van der Waals surface area contributed by atoms with Crippen molar-refractivity contribution >= 4 is 11.5 Å². The Morgan fingerprint density at radius 1 is 1.15 bits per heavy atom. The van der Waals surface area contributed by atoms with Crippen molar-refractivity contribution in [3.8, 4) is 0 Å². The molecule has 20 heavy (non-hydrogen) atoms. The van der Waals surface area contributed by atoms with Gasteiger partial charge in [0, 0.05) is 30.4 Å². The highest BCUT2D eigenvalue weighted by Crippen LogP contribution is 2.30. The Bertz CT molecular complexity index is 607. The van der Waals surface area contributed by atoms with Gasteiger partial charge in [0.05, 0.1) is 5.56 Å². The fourth-order valence-electron chi connectivity index (χ4n) is 1.71. The summed E-state index contributed by atoms with van der Waals surface area (Å²) in [7, 11) is 1.58. The maximum absolute atomic E-state index is 12.6. The molecule has 1 aromatic heterocycles. The molecule has 1 aromatic carbocycles. The van der Waals surface area contributed by atoms with E-state index in [-0.39, 0.29) is 0 Å². The number of halogens is 3. The van der Waals surface area contributed by atoms with Crippen molar-refractivity contribution in [3.05, 3.63) is 59.9 Å². The summed E-state index contributed by atoms with van der Waals surface area (Å²) in [5.41, 5.74) is 0.427. The number of aliphatic imine (C=N–C) groups is 1. The van der Waals surface area contributed by atoms with Gasteiger partial charge in [-0.1, -0.05) is 6.07 Å². The van der Waals surface area contributed by atoms with E-state index in [4.69, 9.17) is 0 Å². The van der Waals surface area contributed by atoms with Crippen LogP contribution in [0.4, 0.5) is 18.9 Å². The van der Waals surface area contributed by atoms with Crippen LogP contribution in [0.3, 0.4) is 0 Å². The second-order valence-corrected chi connectivity index (χ2v) is 4.06. The van der Waals surface area contributed by atoms with E-state index in [1.54, 1.807) is 37.6 Å². The van der Waals surface area contributed by atoms with Gasteiger partial charge < -0.3 is 5.32 Å². The summed E-state index contributed by atoms with van der Waals surface area (Å²) in [6.07, 6.45) is -0.925. The van der Waals surface area contributed by atoms with Crippen LogP contribution in [0, 0.1) is 0 Å². The maximum atomic E-state index is 12.6. The van der Waals surface area contributed by atoms with E-state index in [2.05, 4.69) is 15.3 Å². The third-order valence-corrected chi connectivity index (χ3v) is 2.67. The molecule has 2 aromatic rings. The Morgan fingerprint density at radius 3 is 2.45 bits per heavy atom. The molecule has 0 saturated heterocycles. The van der Waals surface area contributed by atoms with Gasteiger partial charge in [-0.2, -0.15) is 13.2 Å². The average Bonchev–Trinajstić information content (AvgIpc) is 2.45. The van der Waals surface area contributed by atoms with E-state index in [1.165, 1.54) is 6.07 Å². The molecule has 0 bridgehead atoms. The molecule has 0 atom stereocenters. The molecule has 2 rings (SSSR count). The number of alkyl halides is 3. The summed E-state index contributed by atoms with van der Waals surface area (Å²) in [5.74, 6) is 0.498. The van der Waals surface area contributed by atoms with Crippen molar-refractivity contribution in [1.82, 2.24) is 0 Å². The Kier molecular flexibility index (Phi) is 4.02. The van der Waals surface area contributed by atoms with E-state index in [0.29, 0.717) is 11.5 Å². The Hall–Kier alpha value is -2.37. The van der Waals surface area contributed by atoms with Gasteiger partial charge in [0.25, 0.3) is 0 Å². The minimum atomic E-state index is -4.36. The molecule has 0 aliphatic rings. The third-order valence-electron chi connectivity index (χ3n) is 2.67. The Labute approximate surface area is 114 Å². The number of aromatic nitrogens is 1. The smallest absolute Gasteiger partial charge is 0.340 e. The first kappa shape index (κ1) is 14.0. The van der Waals surface area contributed by atoms with Gasteiger partial charge in [-0.15, -0.1) is 0 Å². The second kappa shape index (κ2) is 5.73. The van der Waals surface area contributed by atoms with Crippen molar-refractivity contribution in [3.63, 3.8) is 0 Å². The zero-order valence-corrected chi connectivity index (χ0v) is 10.7. The zero-order valence-electron chi connectivity index (χ0n) is 10.7. The van der Waals surface area contributed by atoms with Gasteiger partial charge in [-0.05, 0) is 18.2 Å². The lowest BCUT2D eigenvalue weighted by molar-refractivity contribution is -0.378. The molecule has 0 amide bonds. The predicted octanol–water partition coefficient (Wildman–Crippen LogP) is 3.01. The lowest BCUT2D eigenvalue weighted by atomic mass is 10.2. The van der Waals surface area contributed by atoms with E-state index >= 15 is 0 Å². The Balaban J connectivity index is 2.26.